The van der Waals surface area contributed by atoms with Crippen LogP contribution in [0.25, 0.3) is 6.08 Å². The second kappa shape index (κ2) is 9.81. The van der Waals surface area contributed by atoms with Crippen LogP contribution in [0.1, 0.15) is 15.9 Å². The molecular weight excluding hydrogens is 406 g/mol. The van der Waals surface area contributed by atoms with Crippen LogP contribution in [-0.2, 0) is 9.59 Å². The van der Waals surface area contributed by atoms with Crippen LogP contribution in [0.3, 0.4) is 0 Å². The molecule has 0 aliphatic carbocycles. The van der Waals surface area contributed by atoms with Crippen molar-refractivity contribution in [2.45, 2.75) is 0 Å². The zero-order valence-corrected chi connectivity index (χ0v) is 16.8. The maximum Gasteiger partial charge on any atom is 0.269 e. The lowest BCUT2D eigenvalue weighted by molar-refractivity contribution is -0.129. The molecule has 0 saturated carbocycles. The van der Waals surface area contributed by atoms with Gasteiger partial charge >= 0.3 is 0 Å². The van der Waals surface area contributed by atoms with Crippen molar-refractivity contribution in [2.75, 3.05) is 6.54 Å². The molecule has 1 aliphatic heterocycles. The van der Waals surface area contributed by atoms with Crippen LogP contribution in [0, 0.1) is 0 Å². The van der Waals surface area contributed by atoms with Gasteiger partial charge in [-0.1, -0.05) is 84.7 Å². The first-order valence-electron chi connectivity index (χ1n) is 8.66. The van der Waals surface area contributed by atoms with Gasteiger partial charge in [-0.05, 0) is 23.8 Å². The fourth-order valence-corrected chi connectivity index (χ4v) is 3.64. The smallest absolute Gasteiger partial charge is 0.269 e. The number of nitrogens with one attached hydrogen (secondary N) is 2. The van der Waals surface area contributed by atoms with Crippen molar-refractivity contribution in [2.24, 2.45) is 0 Å². The monoisotopic (exact) mass is 423 g/mol. The fraction of sp³-hybridized carbons (Fsp3) is 0.0476. The normalized spacial score (nSPS) is 15.2. The van der Waals surface area contributed by atoms with Crippen LogP contribution in [0.15, 0.2) is 77.7 Å². The molecule has 2 N–H and O–H groups in total. The highest BCUT2D eigenvalue weighted by molar-refractivity contribution is 8.26. The Labute approximate surface area is 177 Å². The summed E-state index contributed by atoms with van der Waals surface area (Å²) in [6, 6.07) is 18.1. The predicted octanol–water partition coefficient (Wildman–Crippen LogP) is 2.91. The van der Waals surface area contributed by atoms with Crippen molar-refractivity contribution in [3.63, 3.8) is 0 Å². The summed E-state index contributed by atoms with van der Waals surface area (Å²) in [5.41, 5.74) is 6.02. The van der Waals surface area contributed by atoms with E-state index in [1.165, 1.54) is 4.90 Å². The van der Waals surface area contributed by atoms with Crippen molar-refractivity contribution in [3.8, 4) is 0 Å². The average Bonchev–Trinajstić information content (AvgIpc) is 3.01. The number of carbonyl (C=O) groups excluding carboxylic acids is 3. The lowest BCUT2D eigenvalue weighted by atomic mass is 10.2. The van der Waals surface area contributed by atoms with E-state index in [0.717, 1.165) is 17.3 Å². The largest absolute Gasteiger partial charge is 0.283 e. The molecule has 0 bridgehead atoms. The summed E-state index contributed by atoms with van der Waals surface area (Å²) in [4.78, 5) is 38.2. The lowest BCUT2D eigenvalue weighted by Crippen LogP contribution is -2.47. The molecule has 2 aromatic carbocycles. The van der Waals surface area contributed by atoms with Gasteiger partial charge in [-0.25, -0.2) is 0 Å². The Bertz CT molecular complexity index is 989. The maximum absolute atomic E-state index is 12.5. The highest BCUT2D eigenvalue weighted by Gasteiger charge is 2.33. The topological polar surface area (TPSA) is 78.5 Å². The van der Waals surface area contributed by atoms with Crippen LogP contribution in [0.2, 0.25) is 0 Å². The van der Waals surface area contributed by atoms with E-state index in [2.05, 4.69) is 10.9 Å². The van der Waals surface area contributed by atoms with E-state index < -0.39 is 11.8 Å². The van der Waals surface area contributed by atoms with Crippen LogP contribution in [0.4, 0.5) is 0 Å². The first kappa shape index (κ1) is 20.5. The van der Waals surface area contributed by atoms with Crippen LogP contribution < -0.4 is 10.9 Å². The van der Waals surface area contributed by atoms with Crippen molar-refractivity contribution in [1.29, 1.82) is 0 Å². The van der Waals surface area contributed by atoms with Crippen molar-refractivity contribution >= 4 is 52.1 Å². The first-order valence-corrected chi connectivity index (χ1v) is 9.88. The molecule has 0 spiro atoms. The van der Waals surface area contributed by atoms with E-state index >= 15 is 0 Å². The molecule has 3 amide bonds. The van der Waals surface area contributed by atoms with E-state index in [1.54, 1.807) is 42.5 Å². The Morgan fingerprint density at radius 3 is 2.34 bits per heavy atom. The highest BCUT2D eigenvalue weighted by Crippen LogP contribution is 2.30. The third kappa shape index (κ3) is 5.63. The molecule has 3 rings (SSSR count). The molecule has 1 fully saturated rings. The zero-order chi connectivity index (χ0) is 20.6. The zero-order valence-electron chi connectivity index (χ0n) is 15.2. The quantitative estimate of drug-likeness (QED) is 0.439. The molecule has 1 heterocycles. The summed E-state index contributed by atoms with van der Waals surface area (Å²) in [5.74, 6) is -1.34. The van der Waals surface area contributed by atoms with Gasteiger partial charge in [0.1, 0.15) is 10.9 Å². The van der Waals surface area contributed by atoms with Gasteiger partial charge in [0, 0.05) is 5.56 Å². The second-order valence-corrected chi connectivity index (χ2v) is 7.60. The molecule has 1 saturated heterocycles. The number of thiocarbonyl (C=S) groups is 1. The minimum Gasteiger partial charge on any atom is -0.283 e. The van der Waals surface area contributed by atoms with E-state index in [4.69, 9.17) is 12.2 Å². The molecule has 2 aromatic rings. The molecule has 29 heavy (non-hydrogen) atoms. The average molecular weight is 424 g/mol. The summed E-state index contributed by atoms with van der Waals surface area (Å²) in [7, 11) is 0. The first-order chi connectivity index (χ1) is 14.0. The number of nitrogens with zero attached hydrogens (tertiary/aromatic N) is 1. The molecule has 0 unspecified atom stereocenters. The van der Waals surface area contributed by atoms with Crippen LogP contribution in [-0.4, -0.2) is 33.5 Å². The van der Waals surface area contributed by atoms with Gasteiger partial charge in [-0.3, -0.25) is 30.1 Å². The second-order valence-electron chi connectivity index (χ2n) is 5.93. The summed E-state index contributed by atoms with van der Waals surface area (Å²) in [5, 5.41) is 0. The van der Waals surface area contributed by atoms with E-state index in [0.29, 0.717) is 14.8 Å². The van der Waals surface area contributed by atoms with Gasteiger partial charge in [0.2, 0.25) is 0 Å². The number of rotatable bonds is 5. The molecule has 6 nitrogen and oxygen atoms in total. The van der Waals surface area contributed by atoms with Gasteiger partial charge < -0.3 is 0 Å². The van der Waals surface area contributed by atoms with E-state index in [1.807, 2.05) is 36.4 Å². The lowest BCUT2D eigenvalue weighted by Gasteiger charge is -2.14. The maximum atomic E-state index is 12.5. The molecule has 146 valence electrons. The Morgan fingerprint density at radius 1 is 1.00 bits per heavy atom. The Hall–Kier alpha value is -3.23. The minimum atomic E-state index is -0.549. The molecule has 0 radical (unpaired) electrons. The van der Waals surface area contributed by atoms with E-state index in [9.17, 15) is 14.4 Å². The number of thioether (sulfide) groups is 1. The number of benzene rings is 2. The van der Waals surface area contributed by atoms with Gasteiger partial charge in [-0.15, -0.1) is 0 Å². The predicted molar refractivity (Wildman–Crippen MR) is 118 cm³/mol. The number of hydrogen-bond acceptors (Lipinski definition) is 5. The Morgan fingerprint density at radius 2 is 1.66 bits per heavy atom. The van der Waals surface area contributed by atoms with Crippen LogP contribution in [0.5, 0.6) is 0 Å². The third-order valence-electron chi connectivity index (χ3n) is 3.86. The van der Waals surface area contributed by atoms with Gasteiger partial charge in [-0.2, -0.15) is 0 Å². The fourth-order valence-electron chi connectivity index (χ4n) is 2.43. The number of amides is 3. The van der Waals surface area contributed by atoms with Gasteiger partial charge in [0.15, 0.2) is 0 Å². The molecule has 0 aromatic heterocycles. The third-order valence-corrected chi connectivity index (χ3v) is 5.26. The minimum absolute atomic E-state index is 0.278. The standard InChI is InChI=1S/C21H17N3O3S2/c25-18(22-23-19(26)16-11-5-2-6-12-16)14-24-20(27)17(29-21(24)28)13-7-10-15-8-3-1-4-9-15/h1-13H,14H2,(H,22,25)(H,23,26)/b10-7+,17-13-. The van der Waals surface area contributed by atoms with Crippen molar-refractivity contribution < 1.29 is 14.4 Å². The van der Waals surface area contributed by atoms with Crippen molar-refractivity contribution in [1.82, 2.24) is 15.8 Å². The Balaban J connectivity index is 1.54. The number of allylic oxidation sites excluding steroid dienone is 2. The Kier molecular flexibility index (Phi) is 6.94. The molecule has 8 heteroatoms. The summed E-state index contributed by atoms with van der Waals surface area (Å²) in [6.45, 7) is -0.278. The SMILES string of the molecule is O=C(CN1C(=O)/C(=C/C=C/c2ccccc2)SC1=S)NNC(=O)c1ccccc1. The summed E-state index contributed by atoms with van der Waals surface area (Å²) >= 11 is 6.34. The molecule has 0 atom stereocenters. The number of hydrogen-bond donors (Lipinski definition) is 2. The van der Waals surface area contributed by atoms with Gasteiger partial charge in [0.05, 0.1) is 4.91 Å². The van der Waals surface area contributed by atoms with Gasteiger partial charge in [0.25, 0.3) is 17.7 Å². The molecule has 1 aliphatic rings. The van der Waals surface area contributed by atoms with E-state index in [-0.39, 0.29) is 12.5 Å². The highest BCUT2D eigenvalue weighted by atomic mass is 32.2. The number of carbonyl (C=O) groups is 3. The molecular formula is C21H17N3O3S2. The van der Waals surface area contributed by atoms with Crippen molar-refractivity contribution in [3.05, 3.63) is 88.8 Å². The summed E-state index contributed by atoms with van der Waals surface area (Å²) in [6.07, 6.45) is 5.31. The van der Waals surface area contributed by atoms with Crippen LogP contribution >= 0.6 is 24.0 Å². The number of hydrazine groups is 1. The summed E-state index contributed by atoms with van der Waals surface area (Å²) < 4.78 is 0.291.